The van der Waals surface area contributed by atoms with E-state index in [9.17, 15) is 0 Å². The fourth-order valence-electron chi connectivity index (χ4n) is 1.99. The summed E-state index contributed by atoms with van der Waals surface area (Å²) in [6, 6.07) is 8.20. The highest BCUT2D eigenvalue weighted by atomic mass is 16.3. The molecule has 1 atom stereocenters. The Morgan fingerprint density at radius 1 is 1.27 bits per heavy atom. The van der Waals surface area contributed by atoms with Gasteiger partial charge in [-0.05, 0) is 12.5 Å². The van der Waals surface area contributed by atoms with Crippen LogP contribution in [0.15, 0.2) is 28.7 Å². The van der Waals surface area contributed by atoms with Crippen LogP contribution in [0.25, 0.3) is 11.0 Å². The molecule has 0 saturated heterocycles. The van der Waals surface area contributed by atoms with Crippen molar-refractivity contribution in [3.05, 3.63) is 35.6 Å². The molecule has 2 rings (SSSR count). The Labute approximate surface area is 90.1 Å². The summed E-state index contributed by atoms with van der Waals surface area (Å²) in [4.78, 5) is 0. The van der Waals surface area contributed by atoms with Gasteiger partial charge in [-0.3, -0.25) is 0 Å². The van der Waals surface area contributed by atoms with Crippen LogP contribution in [0.5, 0.6) is 0 Å². The van der Waals surface area contributed by atoms with Crippen LogP contribution in [-0.2, 0) is 6.42 Å². The molecular formula is C13H17NO. The number of furan rings is 1. The van der Waals surface area contributed by atoms with Gasteiger partial charge in [-0.2, -0.15) is 0 Å². The summed E-state index contributed by atoms with van der Waals surface area (Å²) in [6.07, 6.45) is 1.84. The van der Waals surface area contributed by atoms with E-state index in [1.807, 2.05) is 18.2 Å². The molecule has 1 aromatic carbocycles. The molecule has 1 aromatic heterocycles. The van der Waals surface area contributed by atoms with Crippen LogP contribution in [0.4, 0.5) is 0 Å². The fourth-order valence-corrected chi connectivity index (χ4v) is 1.99. The van der Waals surface area contributed by atoms with Crippen LogP contribution in [-0.4, -0.2) is 0 Å². The van der Waals surface area contributed by atoms with Crippen molar-refractivity contribution in [3.8, 4) is 0 Å². The highest BCUT2D eigenvalue weighted by Gasteiger charge is 2.16. The van der Waals surface area contributed by atoms with Crippen molar-refractivity contribution < 1.29 is 4.42 Å². The molecule has 0 radical (unpaired) electrons. The first-order valence-corrected chi connectivity index (χ1v) is 5.53. The van der Waals surface area contributed by atoms with Gasteiger partial charge in [0.25, 0.3) is 0 Å². The monoisotopic (exact) mass is 203 g/mol. The van der Waals surface area contributed by atoms with Gasteiger partial charge < -0.3 is 10.2 Å². The number of fused-ring (bicyclic) bond motifs is 1. The number of rotatable bonds is 3. The first-order valence-electron chi connectivity index (χ1n) is 5.53. The van der Waals surface area contributed by atoms with E-state index in [1.54, 1.807) is 0 Å². The summed E-state index contributed by atoms with van der Waals surface area (Å²) in [5, 5.41) is 1.17. The smallest absolute Gasteiger partial charge is 0.134 e. The lowest BCUT2D eigenvalue weighted by Crippen LogP contribution is -2.09. The second kappa shape index (κ2) is 4.07. The van der Waals surface area contributed by atoms with E-state index in [0.29, 0.717) is 0 Å². The lowest BCUT2D eigenvalue weighted by Gasteiger charge is -2.08. The van der Waals surface area contributed by atoms with Gasteiger partial charge in [0, 0.05) is 23.4 Å². The van der Waals surface area contributed by atoms with Crippen molar-refractivity contribution in [3.63, 3.8) is 0 Å². The molecular weight excluding hydrogens is 186 g/mol. The van der Waals surface area contributed by atoms with Gasteiger partial charge in [-0.25, -0.2) is 0 Å². The quantitative estimate of drug-likeness (QED) is 0.830. The molecule has 0 saturated carbocycles. The van der Waals surface area contributed by atoms with Crippen molar-refractivity contribution in [2.75, 3.05) is 0 Å². The van der Waals surface area contributed by atoms with Crippen LogP contribution < -0.4 is 5.73 Å². The van der Waals surface area contributed by atoms with Gasteiger partial charge in [-0.15, -0.1) is 0 Å². The van der Waals surface area contributed by atoms with E-state index in [1.165, 1.54) is 10.9 Å². The molecule has 2 aromatic rings. The van der Waals surface area contributed by atoms with E-state index in [-0.39, 0.29) is 6.04 Å². The number of hydrogen-bond donors (Lipinski definition) is 1. The summed E-state index contributed by atoms with van der Waals surface area (Å²) in [5.41, 5.74) is 8.26. The Hall–Kier alpha value is -1.28. The Balaban J connectivity index is 2.66. The van der Waals surface area contributed by atoms with Crippen LogP contribution in [0, 0.1) is 0 Å². The summed E-state index contributed by atoms with van der Waals surface area (Å²) < 4.78 is 5.79. The average Bonchev–Trinajstić information content (AvgIpc) is 2.66. The topological polar surface area (TPSA) is 39.2 Å². The third-order valence-electron chi connectivity index (χ3n) is 2.84. The first-order chi connectivity index (χ1) is 7.27. The van der Waals surface area contributed by atoms with Crippen molar-refractivity contribution >= 4 is 11.0 Å². The zero-order valence-electron chi connectivity index (χ0n) is 9.29. The highest BCUT2D eigenvalue weighted by Crippen LogP contribution is 2.31. The minimum Gasteiger partial charge on any atom is -0.461 e. The van der Waals surface area contributed by atoms with E-state index in [0.717, 1.165) is 24.2 Å². The third-order valence-corrected chi connectivity index (χ3v) is 2.84. The summed E-state index contributed by atoms with van der Waals surface area (Å²) >= 11 is 0. The summed E-state index contributed by atoms with van der Waals surface area (Å²) in [5.74, 6) is 1.03. The molecule has 2 heteroatoms. The zero-order chi connectivity index (χ0) is 10.8. The lowest BCUT2D eigenvalue weighted by molar-refractivity contribution is 0.538. The standard InChI is InChI=1S/C13H17NO/c1-3-10(14)13-9-7-5-6-8-12(9)15-11(13)4-2/h5-8,10H,3-4,14H2,1-2H3. The number of aryl methyl sites for hydroxylation is 1. The molecule has 0 aliphatic carbocycles. The molecule has 15 heavy (non-hydrogen) atoms. The van der Waals surface area contributed by atoms with Crippen molar-refractivity contribution in [1.29, 1.82) is 0 Å². The number of para-hydroxylation sites is 1. The largest absolute Gasteiger partial charge is 0.461 e. The maximum atomic E-state index is 6.12. The predicted octanol–water partition coefficient (Wildman–Crippen LogP) is 3.41. The van der Waals surface area contributed by atoms with Crippen LogP contribution >= 0.6 is 0 Å². The predicted molar refractivity (Wildman–Crippen MR) is 62.8 cm³/mol. The van der Waals surface area contributed by atoms with Crippen LogP contribution in [0.2, 0.25) is 0 Å². The minimum absolute atomic E-state index is 0.0867. The maximum Gasteiger partial charge on any atom is 0.134 e. The molecule has 0 fully saturated rings. The molecule has 0 aliphatic heterocycles. The van der Waals surface area contributed by atoms with Gasteiger partial charge in [-0.1, -0.05) is 32.0 Å². The van der Waals surface area contributed by atoms with E-state index in [4.69, 9.17) is 10.2 Å². The third kappa shape index (κ3) is 1.65. The molecule has 1 heterocycles. The van der Waals surface area contributed by atoms with Gasteiger partial charge in [0.1, 0.15) is 11.3 Å². The molecule has 0 amide bonds. The van der Waals surface area contributed by atoms with Crippen LogP contribution in [0.3, 0.4) is 0 Å². The van der Waals surface area contributed by atoms with Crippen LogP contribution in [0.1, 0.15) is 37.6 Å². The lowest BCUT2D eigenvalue weighted by atomic mass is 10.0. The molecule has 0 spiro atoms. The summed E-state index contributed by atoms with van der Waals surface area (Å²) in [6.45, 7) is 4.20. The van der Waals surface area contributed by atoms with Gasteiger partial charge in [0.15, 0.2) is 0 Å². The highest BCUT2D eigenvalue weighted by molar-refractivity contribution is 5.82. The van der Waals surface area contributed by atoms with Gasteiger partial charge >= 0.3 is 0 Å². The Kier molecular flexibility index (Phi) is 2.78. The molecule has 0 aliphatic rings. The Bertz CT molecular complexity index is 459. The summed E-state index contributed by atoms with van der Waals surface area (Å²) in [7, 11) is 0. The first kappa shape index (κ1) is 10.2. The second-order valence-corrected chi connectivity index (χ2v) is 3.80. The second-order valence-electron chi connectivity index (χ2n) is 3.80. The minimum atomic E-state index is 0.0867. The van der Waals surface area contributed by atoms with Gasteiger partial charge in [0.2, 0.25) is 0 Å². The van der Waals surface area contributed by atoms with Crippen molar-refractivity contribution in [2.45, 2.75) is 32.7 Å². The fraction of sp³-hybridized carbons (Fsp3) is 0.385. The van der Waals surface area contributed by atoms with E-state index in [2.05, 4.69) is 19.9 Å². The van der Waals surface area contributed by atoms with Gasteiger partial charge in [0.05, 0.1) is 0 Å². The molecule has 0 bridgehead atoms. The number of hydrogen-bond acceptors (Lipinski definition) is 2. The van der Waals surface area contributed by atoms with Crippen molar-refractivity contribution in [2.24, 2.45) is 5.73 Å². The molecule has 2 nitrogen and oxygen atoms in total. The SMILES string of the molecule is CCc1oc2ccccc2c1C(N)CC. The zero-order valence-corrected chi connectivity index (χ0v) is 9.29. The molecule has 80 valence electrons. The van der Waals surface area contributed by atoms with E-state index < -0.39 is 0 Å². The molecule has 2 N–H and O–H groups in total. The maximum absolute atomic E-state index is 6.12. The normalized spacial score (nSPS) is 13.3. The van der Waals surface area contributed by atoms with Crippen molar-refractivity contribution in [1.82, 2.24) is 0 Å². The number of benzene rings is 1. The Morgan fingerprint density at radius 3 is 2.67 bits per heavy atom. The average molecular weight is 203 g/mol. The molecule has 1 unspecified atom stereocenters. The number of nitrogens with two attached hydrogens (primary N) is 1. The van der Waals surface area contributed by atoms with E-state index >= 15 is 0 Å². The Morgan fingerprint density at radius 2 is 2.00 bits per heavy atom.